The van der Waals surface area contributed by atoms with Gasteiger partial charge in [0.2, 0.25) is 0 Å². The van der Waals surface area contributed by atoms with Crippen LogP contribution < -0.4 is 0 Å². The number of benzene rings is 1. The first-order valence-corrected chi connectivity index (χ1v) is 8.93. The summed E-state index contributed by atoms with van der Waals surface area (Å²) in [5.74, 6) is 2.53. The second-order valence-corrected chi connectivity index (χ2v) is 7.65. The summed E-state index contributed by atoms with van der Waals surface area (Å²) in [6.07, 6.45) is 2.20. The van der Waals surface area contributed by atoms with Crippen molar-refractivity contribution in [2.75, 3.05) is 0 Å². The van der Waals surface area contributed by atoms with Gasteiger partial charge < -0.3 is 4.42 Å². The molecule has 0 saturated carbocycles. The molecule has 0 aliphatic carbocycles. The molecule has 0 unspecified atom stereocenters. The molecule has 0 aliphatic rings. The Hall–Kier alpha value is -1.50. The minimum absolute atomic E-state index is 0.460. The van der Waals surface area contributed by atoms with Crippen molar-refractivity contribution >= 4 is 16.5 Å². The molecule has 0 aliphatic heterocycles. The molecule has 0 radical (unpaired) electrons. The van der Waals surface area contributed by atoms with Crippen LogP contribution in [0.15, 0.2) is 16.6 Å². The van der Waals surface area contributed by atoms with Gasteiger partial charge in [-0.15, -0.1) is 0 Å². The maximum Gasteiger partial charge on any atom is 0.138 e. The minimum Gasteiger partial charge on any atom is -0.456 e. The van der Waals surface area contributed by atoms with Crippen molar-refractivity contribution in [3.8, 4) is 0 Å². The summed E-state index contributed by atoms with van der Waals surface area (Å²) in [6, 6.07) is 2.37. The maximum atomic E-state index is 6.45. The molecule has 0 atom stereocenters. The van der Waals surface area contributed by atoms with Crippen LogP contribution in [0.25, 0.3) is 16.5 Å². The molecular formula is C22H32O. The van der Waals surface area contributed by atoms with Crippen LogP contribution in [0.5, 0.6) is 0 Å². The van der Waals surface area contributed by atoms with Crippen LogP contribution in [0.1, 0.15) is 88.3 Å². The topological polar surface area (TPSA) is 13.1 Å². The van der Waals surface area contributed by atoms with E-state index in [2.05, 4.69) is 74.5 Å². The number of hydrogen-bond acceptors (Lipinski definition) is 1. The number of aryl methyl sites for hydroxylation is 2. The predicted molar refractivity (Wildman–Crippen MR) is 102 cm³/mol. The van der Waals surface area contributed by atoms with E-state index in [1.165, 1.54) is 33.2 Å². The first-order chi connectivity index (χ1) is 10.7. The lowest BCUT2D eigenvalue weighted by molar-refractivity contribution is 0.578. The van der Waals surface area contributed by atoms with Crippen LogP contribution in [0.3, 0.4) is 0 Å². The second kappa shape index (κ2) is 6.55. The molecule has 1 heteroatoms. The largest absolute Gasteiger partial charge is 0.456 e. The normalized spacial score (nSPS) is 13.1. The van der Waals surface area contributed by atoms with Gasteiger partial charge in [0.05, 0.1) is 0 Å². The Morgan fingerprint density at radius 2 is 1.48 bits per heavy atom. The van der Waals surface area contributed by atoms with E-state index >= 15 is 0 Å². The van der Waals surface area contributed by atoms with Crippen molar-refractivity contribution in [2.24, 2.45) is 5.92 Å². The highest BCUT2D eigenvalue weighted by molar-refractivity contribution is 5.92. The van der Waals surface area contributed by atoms with Crippen molar-refractivity contribution in [3.63, 3.8) is 0 Å². The van der Waals surface area contributed by atoms with E-state index in [4.69, 9.17) is 4.42 Å². The van der Waals surface area contributed by atoms with Crippen LogP contribution in [0, 0.1) is 19.8 Å². The molecular weight excluding hydrogens is 280 g/mol. The highest BCUT2D eigenvalue weighted by Gasteiger charge is 2.23. The van der Waals surface area contributed by atoms with E-state index in [1.54, 1.807) is 0 Å². The summed E-state index contributed by atoms with van der Waals surface area (Å²) in [7, 11) is 0. The summed E-state index contributed by atoms with van der Waals surface area (Å²) in [4.78, 5) is 0. The fourth-order valence-corrected chi connectivity index (χ4v) is 3.68. The zero-order chi connectivity index (χ0) is 17.5. The van der Waals surface area contributed by atoms with Gasteiger partial charge in [-0.1, -0.05) is 53.7 Å². The Morgan fingerprint density at radius 1 is 0.913 bits per heavy atom. The minimum atomic E-state index is 0.460. The Kier molecular flexibility index (Phi) is 5.08. The number of furan rings is 1. The molecule has 23 heavy (non-hydrogen) atoms. The number of rotatable bonds is 4. The summed E-state index contributed by atoms with van der Waals surface area (Å²) >= 11 is 0. The number of allylic oxidation sites excluding steroid dienone is 2. The quantitative estimate of drug-likeness (QED) is 0.575. The van der Waals surface area contributed by atoms with E-state index in [0.717, 1.165) is 11.3 Å². The summed E-state index contributed by atoms with van der Waals surface area (Å²) in [5, 5.41) is 1.33. The van der Waals surface area contributed by atoms with Gasteiger partial charge in [0.25, 0.3) is 0 Å². The number of fused-ring (bicyclic) bond motifs is 1. The van der Waals surface area contributed by atoms with E-state index in [-0.39, 0.29) is 0 Å². The highest BCUT2D eigenvalue weighted by atomic mass is 16.3. The molecule has 0 N–H and O–H groups in total. The number of hydrogen-bond donors (Lipinski definition) is 0. The van der Waals surface area contributed by atoms with Gasteiger partial charge in [0.15, 0.2) is 0 Å². The van der Waals surface area contributed by atoms with Crippen molar-refractivity contribution < 1.29 is 4.42 Å². The van der Waals surface area contributed by atoms with E-state index in [0.29, 0.717) is 17.8 Å². The molecule has 0 bridgehead atoms. The van der Waals surface area contributed by atoms with Crippen LogP contribution in [0.4, 0.5) is 0 Å². The third kappa shape index (κ3) is 2.98. The van der Waals surface area contributed by atoms with Gasteiger partial charge >= 0.3 is 0 Å². The van der Waals surface area contributed by atoms with E-state index < -0.39 is 0 Å². The van der Waals surface area contributed by atoms with E-state index in [1.807, 2.05) is 0 Å². The fourth-order valence-electron chi connectivity index (χ4n) is 3.68. The van der Waals surface area contributed by atoms with Gasteiger partial charge in [-0.3, -0.25) is 0 Å². The first kappa shape index (κ1) is 17.8. The molecule has 2 rings (SSSR count). The van der Waals surface area contributed by atoms with Gasteiger partial charge in [0.1, 0.15) is 11.3 Å². The third-order valence-electron chi connectivity index (χ3n) is 4.97. The monoisotopic (exact) mass is 312 g/mol. The molecule has 126 valence electrons. The molecule has 0 fully saturated rings. The molecule has 1 heterocycles. The zero-order valence-electron chi connectivity index (χ0n) is 16.3. The fraction of sp³-hybridized carbons (Fsp3) is 0.545. The molecule has 1 nitrogen and oxygen atoms in total. The zero-order valence-corrected chi connectivity index (χ0v) is 16.3. The highest BCUT2D eigenvalue weighted by Crippen LogP contribution is 2.41. The Bertz CT molecular complexity index is 739. The maximum absolute atomic E-state index is 6.45. The molecule has 0 saturated heterocycles. The standard InChI is InChI=1S/C22H32O/c1-10-17(12(2)3)21-16(9)20-15(8)18(13(4)5)11-19(14(6)7)22(20)23-21/h10-14H,1-9H3/b17-10-. The van der Waals surface area contributed by atoms with Crippen molar-refractivity contribution in [1.29, 1.82) is 0 Å². The summed E-state index contributed by atoms with van der Waals surface area (Å²) < 4.78 is 6.45. The van der Waals surface area contributed by atoms with Gasteiger partial charge in [-0.25, -0.2) is 0 Å². The van der Waals surface area contributed by atoms with E-state index in [9.17, 15) is 0 Å². The van der Waals surface area contributed by atoms with Crippen molar-refractivity contribution in [2.45, 2.75) is 74.1 Å². The average molecular weight is 312 g/mol. The molecule has 2 aromatic rings. The van der Waals surface area contributed by atoms with Gasteiger partial charge in [-0.05, 0) is 60.8 Å². The van der Waals surface area contributed by atoms with Gasteiger partial charge in [0, 0.05) is 10.9 Å². The molecule has 0 spiro atoms. The van der Waals surface area contributed by atoms with Crippen LogP contribution >= 0.6 is 0 Å². The average Bonchev–Trinajstić information content (AvgIpc) is 2.77. The van der Waals surface area contributed by atoms with Crippen molar-refractivity contribution in [1.82, 2.24) is 0 Å². The lowest BCUT2D eigenvalue weighted by atomic mass is 9.88. The third-order valence-corrected chi connectivity index (χ3v) is 4.97. The lowest BCUT2D eigenvalue weighted by Crippen LogP contribution is -1.98. The molecule has 1 aromatic carbocycles. The predicted octanol–water partition coefficient (Wildman–Crippen LogP) is 7.36. The first-order valence-electron chi connectivity index (χ1n) is 8.93. The van der Waals surface area contributed by atoms with Crippen LogP contribution in [-0.4, -0.2) is 0 Å². The Labute approximate surface area is 141 Å². The van der Waals surface area contributed by atoms with Gasteiger partial charge in [-0.2, -0.15) is 0 Å². The second-order valence-electron chi connectivity index (χ2n) is 7.65. The SMILES string of the molecule is C/C=C(\c1oc2c(C(C)C)cc(C(C)C)c(C)c2c1C)C(C)C. The molecule has 0 amide bonds. The summed E-state index contributed by atoms with van der Waals surface area (Å²) in [6.45, 7) is 20.1. The van der Waals surface area contributed by atoms with Crippen molar-refractivity contribution in [3.05, 3.63) is 40.2 Å². The Balaban J connectivity index is 2.91. The molecule has 1 aromatic heterocycles. The summed E-state index contributed by atoms with van der Waals surface area (Å²) in [5.41, 5.74) is 7.86. The lowest BCUT2D eigenvalue weighted by Gasteiger charge is -2.16. The smallest absolute Gasteiger partial charge is 0.138 e. The van der Waals surface area contributed by atoms with Crippen LogP contribution in [-0.2, 0) is 0 Å². The van der Waals surface area contributed by atoms with Crippen LogP contribution in [0.2, 0.25) is 0 Å². The Morgan fingerprint density at radius 3 is 1.91 bits per heavy atom.